The van der Waals surface area contributed by atoms with Crippen LogP contribution in [0.2, 0.25) is 0 Å². The quantitative estimate of drug-likeness (QED) is 0.236. The molecule has 0 amide bonds. The van der Waals surface area contributed by atoms with Gasteiger partial charge < -0.3 is 13.9 Å². The van der Waals surface area contributed by atoms with Gasteiger partial charge >= 0.3 is 0 Å². The molecule has 0 bridgehead atoms. The molecule has 3 nitrogen and oxygen atoms in total. The number of fused-ring (bicyclic) bond motifs is 9. The Bertz CT molecular complexity index is 2110. The van der Waals surface area contributed by atoms with E-state index in [1.54, 1.807) is 0 Å². The van der Waals surface area contributed by atoms with Crippen molar-refractivity contribution in [1.29, 1.82) is 0 Å². The van der Waals surface area contributed by atoms with Crippen molar-refractivity contribution in [2.24, 2.45) is 0 Å². The summed E-state index contributed by atoms with van der Waals surface area (Å²) in [6.07, 6.45) is 8.99. The second-order valence-electron chi connectivity index (χ2n) is 10.5. The molecule has 0 fully saturated rings. The maximum absolute atomic E-state index is 6.63. The maximum atomic E-state index is 6.63. The van der Waals surface area contributed by atoms with Gasteiger partial charge in [-0.2, -0.15) is 0 Å². The highest BCUT2D eigenvalue weighted by Crippen LogP contribution is 2.48. The predicted molar refractivity (Wildman–Crippen MR) is 161 cm³/mol. The van der Waals surface area contributed by atoms with Crippen LogP contribution >= 0.6 is 0 Å². The lowest BCUT2D eigenvalue weighted by molar-refractivity contribution is 0.666. The third-order valence-corrected chi connectivity index (χ3v) is 8.52. The Kier molecular flexibility index (Phi) is 4.17. The van der Waals surface area contributed by atoms with Crippen molar-refractivity contribution >= 4 is 55.1 Å². The lowest BCUT2D eigenvalue weighted by atomic mass is 9.91. The van der Waals surface area contributed by atoms with Gasteiger partial charge in [0.15, 0.2) is 5.58 Å². The van der Waals surface area contributed by atoms with Crippen LogP contribution in [0.25, 0.3) is 49.4 Å². The van der Waals surface area contributed by atoms with Gasteiger partial charge in [-0.25, -0.2) is 0 Å². The summed E-state index contributed by atoms with van der Waals surface area (Å²) in [7, 11) is 0. The van der Waals surface area contributed by atoms with E-state index < -0.39 is 0 Å². The summed E-state index contributed by atoms with van der Waals surface area (Å²) in [4.78, 5) is 2.48. The Labute approximate surface area is 225 Å². The highest BCUT2D eigenvalue weighted by atomic mass is 16.3. The van der Waals surface area contributed by atoms with Crippen LogP contribution in [0.15, 0.2) is 138 Å². The van der Waals surface area contributed by atoms with Crippen LogP contribution in [0.5, 0.6) is 0 Å². The summed E-state index contributed by atoms with van der Waals surface area (Å²) in [5.41, 5.74) is 9.10. The summed E-state index contributed by atoms with van der Waals surface area (Å²) in [6, 6.07) is 39.5. The van der Waals surface area contributed by atoms with Gasteiger partial charge in [-0.3, -0.25) is 0 Å². The average Bonchev–Trinajstić information content (AvgIpc) is 3.65. The van der Waals surface area contributed by atoms with Crippen molar-refractivity contribution < 1.29 is 4.42 Å². The minimum Gasteiger partial charge on any atom is -0.454 e. The van der Waals surface area contributed by atoms with Gasteiger partial charge in [0.2, 0.25) is 0 Å². The SMILES string of the molecule is C1=CC2c3ccccc3N(c3ccc4oc5c(-n6c7ccccc7c7ccccc76)cccc5c4c3)C2C=C1. The van der Waals surface area contributed by atoms with E-state index in [1.165, 1.54) is 38.7 Å². The number of hydrogen-bond acceptors (Lipinski definition) is 2. The lowest BCUT2D eigenvalue weighted by Gasteiger charge is -2.28. The van der Waals surface area contributed by atoms with Crippen molar-refractivity contribution in [2.45, 2.75) is 12.0 Å². The molecule has 0 saturated carbocycles. The monoisotopic (exact) mass is 500 g/mol. The summed E-state index contributed by atoms with van der Waals surface area (Å²) in [5, 5.41) is 4.77. The van der Waals surface area contributed by atoms with Crippen LogP contribution in [0.4, 0.5) is 11.4 Å². The molecule has 5 aromatic carbocycles. The average molecular weight is 501 g/mol. The van der Waals surface area contributed by atoms with Crippen LogP contribution in [0.3, 0.4) is 0 Å². The van der Waals surface area contributed by atoms with Crippen molar-refractivity contribution in [3.8, 4) is 5.69 Å². The second kappa shape index (κ2) is 7.75. The van der Waals surface area contributed by atoms with Crippen molar-refractivity contribution in [3.05, 3.63) is 139 Å². The van der Waals surface area contributed by atoms with Gasteiger partial charge in [0.1, 0.15) is 5.58 Å². The Hall–Kier alpha value is -5.02. The summed E-state index contributed by atoms with van der Waals surface area (Å²) in [5.74, 6) is 0.366. The molecule has 0 saturated heterocycles. The molecular weight excluding hydrogens is 476 g/mol. The van der Waals surface area contributed by atoms with Crippen LogP contribution in [0.1, 0.15) is 11.5 Å². The first-order chi connectivity index (χ1) is 19.4. The van der Waals surface area contributed by atoms with E-state index in [0.717, 1.165) is 27.6 Å². The van der Waals surface area contributed by atoms with E-state index in [-0.39, 0.29) is 6.04 Å². The molecule has 2 aromatic heterocycles. The van der Waals surface area contributed by atoms with Gasteiger partial charge in [0.25, 0.3) is 0 Å². The normalized spacial score (nSPS) is 18.0. The maximum Gasteiger partial charge on any atom is 0.159 e. The Morgan fingerprint density at radius 2 is 1.26 bits per heavy atom. The number of rotatable bonds is 2. The molecular formula is C36H24N2O. The highest BCUT2D eigenvalue weighted by molar-refractivity contribution is 6.13. The van der Waals surface area contributed by atoms with Gasteiger partial charge in [0, 0.05) is 38.8 Å². The Morgan fingerprint density at radius 1 is 0.564 bits per heavy atom. The molecule has 0 radical (unpaired) electrons. The Morgan fingerprint density at radius 3 is 2.10 bits per heavy atom. The number of nitrogens with zero attached hydrogens (tertiary/aromatic N) is 2. The number of aromatic nitrogens is 1. The molecule has 3 heterocycles. The second-order valence-corrected chi connectivity index (χ2v) is 10.5. The fourth-order valence-corrected chi connectivity index (χ4v) is 6.87. The standard InChI is InChI=1S/C36H24N2O/c1-5-15-30-24(10-1)25-11-2-6-16-31(25)37(30)23-20-21-35-29(22-23)28-14-9-19-34(36(28)39-35)38-32-17-7-3-12-26(32)27-13-4-8-18-33(27)38/h1-22,24,30H. The van der Waals surface area contributed by atoms with E-state index in [9.17, 15) is 0 Å². The zero-order valence-electron chi connectivity index (χ0n) is 21.2. The molecule has 0 N–H and O–H groups in total. The minimum absolute atomic E-state index is 0.274. The molecule has 0 spiro atoms. The third-order valence-electron chi connectivity index (χ3n) is 8.52. The largest absolute Gasteiger partial charge is 0.454 e. The summed E-state index contributed by atoms with van der Waals surface area (Å²) in [6.45, 7) is 0. The third kappa shape index (κ3) is 2.82. The van der Waals surface area contributed by atoms with Gasteiger partial charge in [-0.15, -0.1) is 0 Å². The minimum atomic E-state index is 0.274. The van der Waals surface area contributed by atoms with E-state index in [0.29, 0.717) is 5.92 Å². The number of hydrogen-bond donors (Lipinski definition) is 0. The molecule has 39 heavy (non-hydrogen) atoms. The summed E-state index contributed by atoms with van der Waals surface area (Å²) >= 11 is 0. The molecule has 2 atom stereocenters. The number of benzene rings is 5. The molecule has 1 aliphatic carbocycles. The first kappa shape index (κ1) is 21.0. The van der Waals surface area contributed by atoms with Crippen molar-refractivity contribution in [1.82, 2.24) is 4.57 Å². The highest BCUT2D eigenvalue weighted by Gasteiger charge is 2.37. The molecule has 3 heteroatoms. The number of anilines is 2. The molecule has 7 aromatic rings. The van der Waals surface area contributed by atoms with Crippen molar-refractivity contribution in [3.63, 3.8) is 0 Å². The fraction of sp³-hybridized carbons (Fsp3) is 0.0556. The lowest BCUT2D eigenvalue weighted by Crippen LogP contribution is -2.28. The zero-order valence-corrected chi connectivity index (χ0v) is 21.2. The first-order valence-corrected chi connectivity index (χ1v) is 13.5. The number of furan rings is 1. The van der Waals surface area contributed by atoms with Crippen LogP contribution in [-0.2, 0) is 0 Å². The number of allylic oxidation sites excluding steroid dienone is 2. The van der Waals surface area contributed by atoms with E-state index in [2.05, 4.69) is 143 Å². The zero-order chi connectivity index (χ0) is 25.5. The van der Waals surface area contributed by atoms with Gasteiger partial charge in [0.05, 0.1) is 22.8 Å². The van der Waals surface area contributed by atoms with E-state index >= 15 is 0 Å². The fourth-order valence-electron chi connectivity index (χ4n) is 6.87. The molecule has 2 aliphatic rings. The smallest absolute Gasteiger partial charge is 0.159 e. The van der Waals surface area contributed by atoms with Crippen LogP contribution < -0.4 is 4.90 Å². The molecule has 2 unspecified atom stereocenters. The first-order valence-electron chi connectivity index (χ1n) is 13.5. The van der Waals surface area contributed by atoms with E-state index in [4.69, 9.17) is 4.42 Å². The molecule has 184 valence electrons. The summed E-state index contributed by atoms with van der Waals surface area (Å²) < 4.78 is 8.98. The van der Waals surface area contributed by atoms with Crippen LogP contribution in [-0.4, -0.2) is 10.6 Å². The van der Waals surface area contributed by atoms with Gasteiger partial charge in [-0.05, 0) is 48.0 Å². The van der Waals surface area contributed by atoms with E-state index in [1.807, 2.05) is 0 Å². The number of para-hydroxylation sites is 4. The molecule has 1 aliphatic heterocycles. The molecule has 9 rings (SSSR count). The van der Waals surface area contributed by atoms with Crippen LogP contribution in [0, 0.1) is 0 Å². The van der Waals surface area contributed by atoms with Gasteiger partial charge in [-0.1, -0.05) is 91.0 Å². The predicted octanol–water partition coefficient (Wildman–Crippen LogP) is 9.41. The Balaban J connectivity index is 1.28. The topological polar surface area (TPSA) is 21.3 Å². The van der Waals surface area contributed by atoms with Crippen molar-refractivity contribution in [2.75, 3.05) is 4.90 Å².